The van der Waals surface area contributed by atoms with Crippen LogP contribution in [0.4, 0.5) is 13.2 Å². The topological polar surface area (TPSA) is 15.3 Å². The lowest BCUT2D eigenvalue weighted by molar-refractivity contribution is -0.137. The van der Waals surface area contributed by atoms with Crippen LogP contribution in [0.25, 0.3) is 0 Å². The second-order valence-electron chi connectivity index (χ2n) is 6.13. The van der Waals surface area contributed by atoms with Gasteiger partial charge in [0.05, 0.1) is 10.6 Å². The smallest absolute Gasteiger partial charge is 0.314 e. The number of hydrogen-bond acceptors (Lipinski definition) is 2. The third kappa shape index (κ3) is 3.12. The number of piperazine rings is 1. The summed E-state index contributed by atoms with van der Waals surface area (Å²) in [5.41, 5.74) is -0.0748. The van der Waals surface area contributed by atoms with Gasteiger partial charge in [-0.25, -0.2) is 0 Å². The minimum atomic E-state index is -4.40. The maximum absolute atomic E-state index is 13.1. The highest BCUT2D eigenvalue weighted by atomic mass is 35.5. The number of nitrogens with one attached hydrogen (secondary N) is 1. The molecule has 1 atom stereocenters. The number of benzene rings is 1. The second-order valence-corrected chi connectivity index (χ2v) is 6.51. The largest absolute Gasteiger partial charge is 0.417 e. The van der Waals surface area contributed by atoms with Crippen LogP contribution in [0.15, 0.2) is 18.2 Å². The number of nitrogens with zero attached hydrogens (tertiary/aromatic N) is 1. The molecule has 1 saturated carbocycles. The van der Waals surface area contributed by atoms with Gasteiger partial charge in [-0.2, -0.15) is 13.2 Å². The van der Waals surface area contributed by atoms with E-state index in [-0.39, 0.29) is 11.1 Å². The molecule has 122 valence electrons. The number of alkyl halides is 3. The molecule has 1 aromatic carbocycles. The summed E-state index contributed by atoms with van der Waals surface area (Å²) in [7, 11) is 0. The maximum Gasteiger partial charge on any atom is 0.417 e. The first-order chi connectivity index (χ1) is 10.5. The van der Waals surface area contributed by atoms with Crippen LogP contribution in [0.2, 0.25) is 5.02 Å². The molecule has 2 nitrogen and oxygen atoms in total. The van der Waals surface area contributed by atoms with Crippen molar-refractivity contribution in [2.24, 2.45) is 5.92 Å². The molecule has 1 N–H and O–H groups in total. The van der Waals surface area contributed by atoms with Gasteiger partial charge in [0.25, 0.3) is 0 Å². The van der Waals surface area contributed by atoms with E-state index in [1.165, 1.54) is 6.07 Å². The Balaban J connectivity index is 1.97. The highest BCUT2D eigenvalue weighted by Gasteiger charge is 2.39. The van der Waals surface area contributed by atoms with Gasteiger partial charge >= 0.3 is 6.18 Å². The number of halogens is 4. The Kier molecular flexibility index (Phi) is 4.67. The summed E-state index contributed by atoms with van der Waals surface area (Å²) >= 11 is 6.17. The summed E-state index contributed by atoms with van der Waals surface area (Å²) in [6.07, 6.45) is -1.10. The molecule has 0 unspecified atom stereocenters. The zero-order chi connectivity index (χ0) is 15.7. The zero-order valence-corrected chi connectivity index (χ0v) is 13.1. The van der Waals surface area contributed by atoms with E-state index in [1.54, 1.807) is 6.07 Å². The fraction of sp³-hybridized carbons (Fsp3) is 0.625. The van der Waals surface area contributed by atoms with E-state index in [2.05, 4.69) is 10.2 Å². The van der Waals surface area contributed by atoms with Crippen molar-refractivity contribution in [3.8, 4) is 0 Å². The molecule has 0 bridgehead atoms. The van der Waals surface area contributed by atoms with Gasteiger partial charge in [-0.1, -0.05) is 30.2 Å². The molecule has 1 saturated heterocycles. The maximum atomic E-state index is 13.1. The summed E-state index contributed by atoms with van der Waals surface area (Å²) in [5.74, 6) is 0.416. The molecule has 1 heterocycles. The molecule has 0 amide bonds. The predicted molar refractivity (Wildman–Crippen MR) is 81.0 cm³/mol. The van der Waals surface area contributed by atoms with Crippen molar-refractivity contribution >= 4 is 11.6 Å². The minimum Gasteiger partial charge on any atom is -0.314 e. The standard InChI is InChI=1S/C16H20ClF3N2/c17-14-12(5-2-6-13(14)16(18,19)20)15(11-3-1-4-11)22-9-7-21-8-10-22/h2,5-6,11,15,21H,1,3-4,7-10H2/t15-/m0/s1. The normalized spacial score (nSPS) is 22.4. The van der Waals surface area contributed by atoms with Gasteiger partial charge < -0.3 is 5.32 Å². The SMILES string of the molecule is FC(F)(F)c1cccc([C@H](C2CCC2)N2CCNCC2)c1Cl. The fourth-order valence-corrected chi connectivity index (χ4v) is 3.81. The molecule has 2 fully saturated rings. The van der Waals surface area contributed by atoms with Crippen molar-refractivity contribution in [3.05, 3.63) is 34.3 Å². The lowest BCUT2D eigenvalue weighted by atomic mass is 9.76. The van der Waals surface area contributed by atoms with Crippen molar-refractivity contribution in [2.75, 3.05) is 26.2 Å². The Labute approximate surface area is 133 Å². The van der Waals surface area contributed by atoms with E-state index in [0.29, 0.717) is 11.5 Å². The molecule has 22 heavy (non-hydrogen) atoms. The van der Waals surface area contributed by atoms with Gasteiger partial charge in [0.15, 0.2) is 0 Å². The van der Waals surface area contributed by atoms with Crippen molar-refractivity contribution in [3.63, 3.8) is 0 Å². The molecule has 2 aliphatic rings. The van der Waals surface area contributed by atoms with Crippen LogP contribution < -0.4 is 5.32 Å². The fourth-order valence-electron chi connectivity index (χ4n) is 3.46. The van der Waals surface area contributed by atoms with E-state index in [4.69, 9.17) is 11.6 Å². The molecule has 6 heteroatoms. The summed E-state index contributed by atoms with van der Waals surface area (Å²) in [6.45, 7) is 3.46. The van der Waals surface area contributed by atoms with Crippen molar-refractivity contribution in [1.29, 1.82) is 0 Å². The Morgan fingerprint density at radius 2 is 1.86 bits per heavy atom. The summed E-state index contributed by atoms with van der Waals surface area (Å²) in [5, 5.41) is 3.17. The third-order valence-corrected chi connectivity index (χ3v) is 5.22. The molecule has 0 spiro atoms. The van der Waals surface area contributed by atoms with Gasteiger partial charge in [0.1, 0.15) is 0 Å². The van der Waals surface area contributed by atoms with Crippen LogP contribution in [0.1, 0.15) is 36.4 Å². The molecular weight excluding hydrogens is 313 g/mol. The number of hydrogen-bond donors (Lipinski definition) is 1. The van der Waals surface area contributed by atoms with Crippen LogP contribution in [0.3, 0.4) is 0 Å². The molecule has 0 aromatic heterocycles. The molecule has 0 radical (unpaired) electrons. The van der Waals surface area contributed by atoms with Crippen LogP contribution in [0.5, 0.6) is 0 Å². The van der Waals surface area contributed by atoms with Gasteiger partial charge in [-0.3, -0.25) is 4.90 Å². The molecule has 1 aliphatic heterocycles. The lowest BCUT2D eigenvalue weighted by Crippen LogP contribution is -2.48. The van der Waals surface area contributed by atoms with Gasteiger partial charge in [0, 0.05) is 32.2 Å². The second kappa shape index (κ2) is 6.38. The van der Waals surface area contributed by atoms with Crippen LogP contribution in [-0.4, -0.2) is 31.1 Å². The van der Waals surface area contributed by atoms with Gasteiger partial charge in [-0.15, -0.1) is 0 Å². The monoisotopic (exact) mass is 332 g/mol. The first-order valence-electron chi connectivity index (χ1n) is 7.79. The Bertz CT molecular complexity index is 523. The van der Waals surface area contributed by atoms with E-state index in [1.807, 2.05) is 0 Å². The average molecular weight is 333 g/mol. The third-order valence-electron chi connectivity index (χ3n) is 4.79. The van der Waals surface area contributed by atoms with E-state index >= 15 is 0 Å². The van der Waals surface area contributed by atoms with Crippen LogP contribution in [0, 0.1) is 5.92 Å². The Hall–Kier alpha value is -0.780. The van der Waals surface area contributed by atoms with Crippen LogP contribution in [-0.2, 0) is 6.18 Å². The highest BCUT2D eigenvalue weighted by Crippen LogP contribution is 2.46. The summed E-state index contributed by atoms with van der Waals surface area (Å²) in [4.78, 5) is 2.29. The van der Waals surface area contributed by atoms with Crippen molar-refractivity contribution in [2.45, 2.75) is 31.5 Å². The summed E-state index contributed by atoms with van der Waals surface area (Å²) < 4.78 is 39.4. The first-order valence-corrected chi connectivity index (χ1v) is 8.16. The zero-order valence-electron chi connectivity index (χ0n) is 12.3. The molecular formula is C16H20ClF3N2. The first kappa shape index (κ1) is 16.1. The average Bonchev–Trinajstić information content (AvgIpc) is 2.43. The van der Waals surface area contributed by atoms with Gasteiger partial charge in [0.2, 0.25) is 0 Å². The number of rotatable bonds is 3. The van der Waals surface area contributed by atoms with E-state index in [9.17, 15) is 13.2 Å². The summed E-state index contributed by atoms with van der Waals surface area (Å²) in [6, 6.07) is 4.33. The molecule has 1 aliphatic carbocycles. The highest BCUT2D eigenvalue weighted by molar-refractivity contribution is 6.32. The minimum absolute atomic E-state index is 0.00523. The van der Waals surface area contributed by atoms with Crippen LogP contribution >= 0.6 is 11.6 Å². The van der Waals surface area contributed by atoms with Gasteiger partial charge in [-0.05, 0) is 30.4 Å². The van der Waals surface area contributed by atoms with E-state index < -0.39 is 11.7 Å². The Morgan fingerprint density at radius 1 is 1.18 bits per heavy atom. The van der Waals surface area contributed by atoms with Crippen molar-refractivity contribution in [1.82, 2.24) is 10.2 Å². The predicted octanol–water partition coefficient (Wildman–Crippen LogP) is 4.11. The lowest BCUT2D eigenvalue weighted by Gasteiger charge is -2.43. The molecule has 3 rings (SSSR count). The quantitative estimate of drug-likeness (QED) is 0.896. The molecule has 1 aromatic rings. The Morgan fingerprint density at radius 3 is 2.41 bits per heavy atom. The van der Waals surface area contributed by atoms with E-state index in [0.717, 1.165) is 51.5 Å². The van der Waals surface area contributed by atoms with Crippen molar-refractivity contribution < 1.29 is 13.2 Å².